The Hall–Kier alpha value is -2.13. The molecule has 2 aromatic rings. The average Bonchev–Trinajstić information content (AvgIpc) is 2.61. The molecular weight excluding hydrogens is 322 g/mol. The number of nitrogens with zero attached hydrogens (tertiary/aromatic N) is 1. The van der Waals surface area contributed by atoms with Crippen molar-refractivity contribution in [1.82, 2.24) is 0 Å². The Morgan fingerprint density at radius 1 is 0.538 bits per heavy atom. The normalized spacial score (nSPS) is 11.0. The molecule has 0 bridgehead atoms. The van der Waals surface area contributed by atoms with Crippen LogP contribution in [0.1, 0.15) is 66.0 Å². The van der Waals surface area contributed by atoms with Crippen LogP contribution in [0.5, 0.6) is 0 Å². The lowest BCUT2D eigenvalue weighted by molar-refractivity contribution is 0.0852. The van der Waals surface area contributed by atoms with Crippen molar-refractivity contribution >= 4 is 11.6 Å². The van der Waals surface area contributed by atoms with Crippen LogP contribution in [0.4, 0.5) is 5.69 Å². The maximum atomic E-state index is 13.3. The summed E-state index contributed by atoms with van der Waals surface area (Å²) < 4.78 is 0. The molecule has 0 radical (unpaired) electrons. The summed E-state index contributed by atoms with van der Waals surface area (Å²) >= 11 is 0. The first-order valence-corrected chi connectivity index (χ1v) is 9.10. The molecular formula is C23H31NO2. The Morgan fingerprint density at radius 2 is 0.808 bits per heavy atom. The maximum absolute atomic E-state index is 13.3. The van der Waals surface area contributed by atoms with Gasteiger partial charge >= 0.3 is 0 Å². The molecule has 0 spiro atoms. The molecule has 0 unspecified atom stereocenters. The van der Waals surface area contributed by atoms with Crippen LogP contribution < -0.4 is 5.06 Å². The van der Waals surface area contributed by atoms with Crippen LogP contribution in [-0.4, -0.2) is 11.1 Å². The highest BCUT2D eigenvalue weighted by atomic mass is 16.5. The zero-order chi connectivity index (χ0) is 20.1. The molecule has 26 heavy (non-hydrogen) atoms. The molecule has 1 N–H and O–H groups in total. The minimum Gasteiger partial charge on any atom is -0.281 e. The summed E-state index contributed by atoms with van der Waals surface area (Å²) in [6.07, 6.45) is 0. The van der Waals surface area contributed by atoms with E-state index in [4.69, 9.17) is 0 Å². The van der Waals surface area contributed by atoms with Gasteiger partial charge in [0.15, 0.2) is 0 Å². The van der Waals surface area contributed by atoms with Crippen molar-refractivity contribution in [3.05, 3.63) is 61.2 Å². The highest BCUT2D eigenvalue weighted by Gasteiger charge is 2.26. The van der Waals surface area contributed by atoms with E-state index in [0.29, 0.717) is 11.3 Å². The predicted molar refractivity (Wildman–Crippen MR) is 109 cm³/mol. The fourth-order valence-corrected chi connectivity index (χ4v) is 3.83. The van der Waals surface area contributed by atoms with Gasteiger partial charge < -0.3 is 0 Å². The maximum Gasteiger partial charge on any atom is 0.282 e. The summed E-state index contributed by atoms with van der Waals surface area (Å²) in [5, 5.41) is 11.8. The molecule has 0 saturated heterocycles. The lowest BCUT2D eigenvalue weighted by Gasteiger charge is -2.26. The van der Waals surface area contributed by atoms with Crippen LogP contribution in [0.2, 0.25) is 0 Å². The second-order valence-corrected chi connectivity index (χ2v) is 7.59. The van der Waals surface area contributed by atoms with E-state index in [1.807, 2.05) is 55.4 Å². The van der Waals surface area contributed by atoms with E-state index in [0.717, 1.165) is 49.6 Å². The van der Waals surface area contributed by atoms with Gasteiger partial charge in [-0.1, -0.05) is 0 Å². The van der Waals surface area contributed by atoms with E-state index in [1.165, 1.54) is 11.1 Å². The molecule has 3 heteroatoms. The quantitative estimate of drug-likeness (QED) is 0.547. The van der Waals surface area contributed by atoms with Crippen molar-refractivity contribution in [2.75, 3.05) is 5.06 Å². The molecule has 0 aromatic heterocycles. The van der Waals surface area contributed by atoms with Gasteiger partial charge in [-0.15, -0.1) is 0 Å². The molecule has 140 valence electrons. The van der Waals surface area contributed by atoms with Crippen molar-refractivity contribution in [1.29, 1.82) is 0 Å². The molecule has 0 aliphatic rings. The molecule has 1 amide bonds. The fraction of sp³-hybridized carbons (Fsp3) is 0.435. The van der Waals surface area contributed by atoms with Gasteiger partial charge in [0.1, 0.15) is 0 Å². The van der Waals surface area contributed by atoms with E-state index >= 15 is 0 Å². The smallest absolute Gasteiger partial charge is 0.281 e. The first-order chi connectivity index (χ1) is 11.9. The summed E-state index contributed by atoms with van der Waals surface area (Å²) in [7, 11) is 0. The third-order valence-corrected chi connectivity index (χ3v) is 6.58. The van der Waals surface area contributed by atoms with Crippen LogP contribution in [0.3, 0.4) is 0 Å². The summed E-state index contributed by atoms with van der Waals surface area (Å²) in [4.78, 5) is 13.3. The number of hydrogen-bond donors (Lipinski definition) is 1. The van der Waals surface area contributed by atoms with Crippen LogP contribution in [-0.2, 0) is 0 Å². The van der Waals surface area contributed by atoms with Crippen molar-refractivity contribution in [3.8, 4) is 0 Å². The van der Waals surface area contributed by atoms with Gasteiger partial charge in [-0.05, 0) is 125 Å². The largest absolute Gasteiger partial charge is 0.282 e. The number of hydroxylamine groups is 1. The van der Waals surface area contributed by atoms with Gasteiger partial charge in [0, 0.05) is 5.56 Å². The second kappa shape index (κ2) is 6.88. The Morgan fingerprint density at radius 3 is 1.15 bits per heavy atom. The topological polar surface area (TPSA) is 40.5 Å². The zero-order valence-corrected chi connectivity index (χ0v) is 17.8. The van der Waals surface area contributed by atoms with E-state index in [2.05, 4.69) is 13.8 Å². The summed E-state index contributed by atoms with van der Waals surface area (Å²) in [6.45, 7) is 20.2. The molecule has 2 rings (SSSR count). The number of benzene rings is 2. The number of amides is 1. The predicted octanol–water partition coefficient (Wildman–Crippen LogP) is 5.81. The SMILES string of the molecule is Cc1c(C)c(C)c(C(=O)N(O)c2c(C)c(C)c(C)c(C)c2C)c(C)c1C. The van der Waals surface area contributed by atoms with Gasteiger partial charge in [0.05, 0.1) is 5.69 Å². The van der Waals surface area contributed by atoms with E-state index < -0.39 is 0 Å². The van der Waals surface area contributed by atoms with Gasteiger partial charge in [-0.3, -0.25) is 10.0 Å². The molecule has 0 atom stereocenters. The Balaban J connectivity index is 2.72. The number of carbonyl (C=O) groups is 1. The van der Waals surface area contributed by atoms with Crippen LogP contribution in [0.15, 0.2) is 0 Å². The Bertz CT molecular complexity index is 865. The molecule has 3 nitrogen and oxygen atoms in total. The molecule has 0 heterocycles. The second-order valence-electron chi connectivity index (χ2n) is 7.59. The number of rotatable bonds is 2. The standard InChI is InChI=1S/C23H31NO2/c1-11-13(3)17(7)21(18(8)14(11)4)23(25)24(26)22-19(9)15(5)12(2)16(6)20(22)10/h26H,1-10H3. The first kappa shape index (κ1) is 20.2. The molecule has 0 aliphatic heterocycles. The lowest BCUT2D eigenvalue weighted by Crippen LogP contribution is -2.31. The number of carbonyl (C=O) groups excluding carboxylic acids is 1. The van der Waals surface area contributed by atoms with Gasteiger partial charge in [0.2, 0.25) is 0 Å². The molecule has 2 aromatic carbocycles. The van der Waals surface area contributed by atoms with Crippen molar-refractivity contribution in [2.45, 2.75) is 69.2 Å². The van der Waals surface area contributed by atoms with Crippen molar-refractivity contribution in [2.24, 2.45) is 0 Å². The van der Waals surface area contributed by atoms with E-state index in [1.54, 1.807) is 0 Å². The van der Waals surface area contributed by atoms with Crippen LogP contribution in [0.25, 0.3) is 0 Å². The lowest BCUT2D eigenvalue weighted by atomic mass is 9.88. The highest BCUT2D eigenvalue weighted by Crippen LogP contribution is 2.34. The third-order valence-electron chi connectivity index (χ3n) is 6.58. The summed E-state index contributed by atoms with van der Waals surface area (Å²) in [6, 6.07) is 0. The molecule has 0 saturated carbocycles. The van der Waals surface area contributed by atoms with Crippen LogP contribution >= 0.6 is 0 Å². The van der Waals surface area contributed by atoms with E-state index in [-0.39, 0.29) is 5.91 Å². The molecule has 0 aliphatic carbocycles. The van der Waals surface area contributed by atoms with E-state index in [9.17, 15) is 10.0 Å². The van der Waals surface area contributed by atoms with Crippen molar-refractivity contribution < 1.29 is 10.0 Å². The fourth-order valence-electron chi connectivity index (χ4n) is 3.83. The minimum atomic E-state index is -0.361. The number of hydrogen-bond acceptors (Lipinski definition) is 2. The Labute approximate surface area is 157 Å². The molecule has 0 fully saturated rings. The third kappa shape index (κ3) is 2.84. The van der Waals surface area contributed by atoms with Gasteiger partial charge in [-0.25, -0.2) is 0 Å². The Kier molecular flexibility index (Phi) is 5.34. The first-order valence-electron chi connectivity index (χ1n) is 9.10. The zero-order valence-electron chi connectivity index (χ0n) is 17.8. The van der Waals surface area contributed by atoms with Gasteiger partial charge in [-0.2, -0.15) is 5.06 Å². The minimum absolute atomic E-state index is 0.361. The van der Waals surface area contributed by atoms with Crippen molar-refractivity contribution in [3.63, 3.8) is 0 Å². The summed E-state index contributed by atoms with van der Waals surface area (Å²) in [5.41, 5.74) is 11.8. The number of anilines is 1. The average molecular weight is 354 g/mol. The monoisotopic (exact) mass is 353 g/mol. The van der Waals surface area contributed by atoms with Gasteiger partial charge in [0.25, 0.3) is 5.91 Å². The summed E-state index contributed by atoms with van der Waals surface area (Å²) in [5.74, 6) is -0.361. The highest BCUT2D eigenvalue weighted by molar-refractivity contribution is 6.08. The van der Waals surface area contributed by atoms with Crippen LogP contribution in [0, 0.1) is 69.2 Å².